The van der Waals surface area contributed by atoms with Crippen molar-refractivity contribution >= 4 is 16.0 Å². The average Bonchev–Trinajstić information content (AvgIpc) is 3.14. The Morgan fingerprint density at radius 3 is 2.61 bits per heavy atom. The third kappa shape index (κ3) is 5.77. The second kappa shape index (κ2) is 8.70. The lowest BCUT2D eigenvalue weighted by molar-refractivity contribution is 0.0507. The van der Waals surface area contributed by atoms with Crippen LogP contribution in [-0.4, -0.2) is 44.7 Å². The summed E-state index contributed by atoms with van der Waals surface area (Å²) in [6.45, 7) is 1.36. The number of halogens is 1. The van der Waals surface area contributed by atoms with Crippen LogP contribution in [0.4, 0.5) is 4.39 Å². The van der Waals surface area contributed by atoms with Crippen LogP contribution in [0.25, 0.3) is 0 Å². The van der Waals surface area contributed by atoms with Crippen LogP contribution < -0.4 is 4.18 Å². The maximum Gasteiger partial charge on any atom is 0.306 e. The van der Waals surface area contributed by atoms with Crippen LogP contribution in [0.5, 0.6) is 5.75 Å². The van der Waals surface area contributed by atoms with Crippen molar-refractivity contribution in [1.82, 2.24) is 4.90 Å². The van der Waals surface area contributed by atoms with Gasteiger partial charge in [0, 0.05) is 25.3 Å². The van der Waals surface area contributed by atoms with E-state index in [1.165, 1.54) is 30.3 Å². The second-order valence-electron chi connectivity index (χ2n) is 6.76. The molecule has 1 fully saturated rings. The van der Waals surface area contributed by atoms with Gasteiger partial charge in [-0.3, -0.25) is 4.79 Å². The van der Waals surface area contributed by atoms with Crippen LogP contribution in [0.3, 0.4) is 0 Å². The fourth-order valence-corrected chi connectivity index (χ4v) is 3.56. The largest absolute Gasteiger partial charge is 0.383 e. The molecule has 28 heavy (non-hydrogen) atoms. The van der Waals surface area contributed by atoms with E-state index >= 15 is 0 Å². The summed E-state index contributed by atoms with van der Waals surface area (Å²) in [4.78, 5) is 14.6. The highest BCUT2D eigenvalue weighted by atomic mass is 32.2. The number of carbonyl (C=O) groups is 1. The molecule has 1 saturated heterocycles. The molecule has 8 heteroatoms. The zero-order chi connectivity index (χ0) is 20.1. The Hall–Kier alpha value is -2.45. The fourth-order valence-electron chi connectivity index (χ4n) is 3.10. The first-order chi connectivity index (χ1) is 13.3. The van der Waals surface area contributed by atoms with Crippen LogP contribution in [0.2, 0.25) is 0 Å². The molecule has 6 nitrogen and oxygen atoms in total. The molecule has 2 aromatic rings. The zero-order valence-electron chi connectivity index (χ0n) is 15.5. The van der Waals surface area contributed by atoms with Gasteiger partial charge in [-0.2, -0.15) is 8.42 Å². The lowest BCUT2D eigenvalue weighted by atomic mass is 10.1. The van der Waals surface area contributed by atoms with E-state index in [1.54, 1.807) is 23.1 Å². The lowest BCUT2D eigenvalue weighted by Gasteiger charge is -2.26. The van der Waals surface area contributed by atoms with Gasteiger partial charge < -0.3 is 13.8 Å². The molecule has 0 N–H and O–H groups in total. The fraction of sp³-hybridized carbons (Fsp3) is 0.350. The molecular formula is C20H22FNO5S. The smallest absolute Gasteiger partial charge is 0.306 e. The molecule has 1 aliphatic heterocycles. The van der Waals surface area contributed by atoms with Crippen LogP contribution in [-0.2, 0) is 21.4 Å². The van der Waals surface area contributed by atoms with Crippen LogP contribution in [0.15, 0.2) is 48.5 Å². The Labute approximate surface area is 164 Å². The predicted molar refractivity (Wildman–Crippen MR) is 102 cm³/mol. The minimum atomic E-state index is -3.60. The summed E-state index contributed by atoms with van der Waals surface area (Å²) >= 11 is 0. The molecule has 1 heterocycles. The van der Waals surface area contributed by atoms with Crippen molar-refractivity contribution < 1.29 is 26.5 Å². The van der Waals surface area contributed by atoms with Gasteiger partial charge in [0.25, 0.3) is 5.91 Å². The maximum atomic E-state index is 13.5. The highest BCUT2D eigenvalue weighted by Crippen LogP contribution is 2.20. The summed E-state index contributed by atoms with van der Waals surface area (Å²) in [6.07, 6.45) is 2.74. The summed E-state index contributed by atoms with van der Waals surface area (Å²) in [5.41, 5.74) is 1.07. The molecule has 3 rings (SSSR count). The van der Waals surface area contributed by atoms with E-state index in [4.69, 9.17) is 8.92 Å². The number of ether oxygens (including phenoxy) is 1. The van der Waals surface area contributed by atoms with Gasteiger partial charge in [-0.05, 0) is 48.7 Å². The van der Waals surface area contributed by atoms with Crippen LogP contribution in [0, 0.1) is 5.82 Å². The van der Waals surface area contributed by atoms with Gasteiger partial charge in [0.2, 0.25) is 0 Å². The number of benzene rings is 2. The van der Waals surface area contributed by atoms with Crippen LogP contribution >= 0.6 is 0 Å². The second-order valence-corrected chi connectivity index (χ2v) is 8.34. The van der Waals surface area contributed by atoms with E-state index in [1.807, 2.05) is 0 Å². The van der Waals surface area contributed by atoms with Gasteiger partial charge in [0.15, 0.2) is 0 Å². The SMILES string of the molecule is CS(=O)(=O)Oc1ccc(CN(CC2CCCO2)C(=O)c2cccc(F)c2)cc1. The molecule has 0 aliphatic carbocycles. The van der Waals surface area contributed by atoms with E-state index < -0.39 is 15.9 Å². The Balaban J connectivity index is 1.77. The quantitative estimate of drug-likeness (QED) is 0.660. The molecule has 0 spiro atoms. The van der Waals surface area contributed by atoms with E-state index in [0.29, 0.717) is 13.2 Å². The summed E-state index contributed by atoms with van der Waals surface area (Å²) in [6, 6.07) is 12.1. The van der Waals surface area contributed by atoms with Gasteiger partial charge in [-0.25, -0.2) is 4.39 Å². The Kier molecular flexibility index (Phi) is 6.31. The first kappa shape index (κ1) is 20.3. The van der Waals surface area contributed by atoms with Crippen molar-refractivity contribution in [2.75, 3.05) is 19.4 Å². The third-order valence-corrected chi connectivity index (χ3v) is 4.85. The van der Waals surface area contributed by atoms with Crippen molar-refractivity contribution in [3.05, 3.63) is 65.5 Å². The first-order valence-electron chi connectivity index (χ1n) is 8.95. The van der Waals surface area contributed by atoms with E-state index in [9.17, 15) is 17.6 Å². The van der Waals surface area contributed by atoms with Gasteiger partial charge in [0.1, 0.15) is 11.6 Å². The highest BCUT2D eigenvalue weighted by molar-refractivity contribution is 7.86. The number of hydrogen-bond acceptors (Lipinski definition) is 5. The summed E-state index contributed by atoms with van der Waals surface area (Å²) in [5, 5.41) is 0. The third-order valence-electron chi connectivity index (χ3n) is 4.35. The standard InChI is InChI=1S/C20H22FNO5S/c1-28(24,25)27-18-9-7-15(8-10-18)13-22(14-19-6-3-11-26-19)20(23)16-4-2-5-17(21)12-16/h2,4-5,7-10,12,19H,3,6,11,13-14H2,1H3. The van der Waals surface area contributed by atoms with Gasteiger partial charge in [-0.1, -0.05) is 18.2 Å². The molecule has 1 aliphatic rings. The topological polar surface area (TPSA) is 72.9 Å². The van der Waals surface area contributed by atoms with Crippen molar-refractivity contribution in [2.45, 2.75) is 25.5 Å². The maximum absolute atomic E-state index is 13.5. The zero-order valence-corrected chi connectivity index (χ0v) is 16.3. The number of hydrogen-bond donors (Lipinski definition) is 0. The minimum Gasteiger partial charge on any atom is -0.383 e. The van der Waals surface area contributed by atoms with Crippen molar-refractivity contribution in [2.24, 2.45) is 0 Å². The van der Waals surface area contributed by atoms with Gasteiger partial charge >= 0.3 is 10.1 Å². The summed E-state index contributed by atoms with van der Waals surface area (Å²) in [7, 11) is -3.60. The molecular weight excluding hydrogens is 385 g/mol. The molecule has 150 valence electrons. The molecule has 0 saturated carbocycles. The number of rotatable bonds is 7. The highest BCUT2D eigenvalue weighted by Gasteiger charge is 2.24. The monoisotopic (exact) mass is 407 g/mol. The number of carbonyl (C=O) groups excluding carboxylic acids is 1. The Morgan fingerprint density at radius 1 is 1.25 bits per heavy atom. The van der Waals surface area contributed by atoms with Gasteiger partial charge in [-0.15, -0.1) is 0 Å². The Morgan fingerprint density at radius 2 is 2.00 bits per heavy atom. The van der Waals surface area contributed by atoms with Crippen molar-refractivity contribution in [3.8, 4) is 5.75 Å². The summed E-state index contributed by atoms with van der Waals surface area (Å²) in [5.74, 6) is -0.551. The predicted octanol–water partition coefficient (Wildman–Crippen LogP) is 2.99. The molecule has 2 aromatic carbocycles. The first-order valence-corrected chi connectivity index (χ1v) is 10.8. The molecule has 1 amide bonds. The minimum absolute atomic E-state index is 0.0506. The van der Waals surface area contributed by atoms with E-state index in [0.717, 1.165) is 24.7 Å². The average molecular weight is 407 g/mol. The van der Waals surface area contributed by atoms with Crippen molar-refractivity contribution in [3.63, 3.8) is 0 Å². The number of nitrogens with zero attached hydrogens (tertiary/aromatic N) is 1. The van der Waals surface area contributed by atoms with Gasteiger partial charge in [0.05, 0.1) is 12.4 Å². The molecule has 0 bridgehead atoms. The molecule has 1 atom stereocenters. The Bertz CT molecular complexity index is 924. The van der Waals surface area contributed by atoms with Crippen LogP contribution in [0.1, 0.15) is 28.8 Å². The lowest BCUT2D eigenvalue weighted by Crippen LogP contribution is -2.37. The van der Waals surface area contributed by atoms with E-state index in [2.05, 4.69) is 0 Å². The molecule has 0 aromatic heterocycles. The number of amides is 1. The normalized spacial score (nSPS) is 16.7. The summed E-state index contributed by atoms with van der Waals surface area (Å²) < 4.78 is 46.4. The molecule has 1 unspecified atom stereocenters. The molecule has 0 radical (unpaired) electrons. The van der Waals surface area contributed by atoms with Crippen molar-refractivity contribution in [1.29, 1.82) is 0 Å². The van der Waals surface area contributed by atoms with E-state index in [-0.39, 0.29) is 29.9 Å².